The van der Waals surface area contributed by atoms with E-state index in [0.29, 0.717) is 16.4 Å². The monoisotopic (exact) mass is 712 g/mol. The zero-order valence-electron chi connectivity index (χ0n) is 24.2. The average molecular weight is 713 g/mol. The number of rotatable bonds is 8. The van der Waals surface area contributed by atoms with Crippen LogP contribution < -0.4 is 30.3 Å². The Morgan fingerprint density at radius 2 is 0.783 bits per heavy atom. The van der Waals surface area contributed by atoms with Crippen molar-refractivity contribution in [2.24, 2.45) is 0 Å². The molecule has 0 fully saturated rings. The van der Waals surface area contributed by atoms with E-state index in [9.17, 15) is 13.2 Å². The van der Waals surface area contributed by atoms with E-state index < -0.39 is 28.0 Å². The molecule has 0 aliphatic rings. The van der Waals surface area contributed by atoms with Crippen LogP contribution in [-0.2, 0) is 35.3 Å². The van der Waals surface area contributed by atoms with Gasteiger partial charge in [-0.05, 0) is 0 Å². The third-order valence-corrected chi connectivity index (χ3v) is 10.4. The molecule has 0 aromatic heterocycles. The fourth-order valence-electron chi connectivity index (χ4n) is 4.14. The summed E-state index contributed by atoms with van der Waals surface area (Å²) in [6.07, 6.45) is -4.26. The molecule has 0 atom stereocenters. The third kappa shape index (κ3) is 10.1. The smallest absolute Gasteiger partial charge is 0.780 e. The second kappa shape index (κ2) is 17.3. The summed E-state index contributed by atoms with van der Waals surface area (Å²) in [6.45, 7) is 0. The molecule has 0 saturated heterocycles. The molecule has 0 aliphatic carbocycles. The van der Waals surface area contributed by atoms with E-state index >= 15 is 0 Å². The largest absolute Gasteiger partial charge is 2.00 e. The van der Waals surface area contributed by atoms with E-state index in [0.717, 1.165) is 33.4 Å². The van der Waals surface area contributed by atoms with Crippen LogP contribution in [0.2, 0.25) is 0 Å². The summed E-state index contributed by atoms with van der Waals surface area (Å²) in [4.78, 5) is 0.415. The van der Waals surface area contributed by atoms with Crippen molar-refractivity contribution in [2.45, 2.75) is 11.1 Å². The Labute approximate surface area is 285 Å². The van der Waals surface area contributed by atoms with Gasteiger partial charge >= 0.3 is 22.7 Å². The summed E-state index contributed by atoms with van der Waals surface area (Å²) in [6, 6.07) is 55.1. The van der Waals surface area contributed by atoms with Crippen molar-refractivity contribution in [3.05, 3.63) is 175 Å². The van der Waals surface area contributed by atoms with E-state index in [1.54, 1.807) is 0 Å². The summed E-state index contributed by atoms with van der Waals surface area (Å²) < 4.78 is 48.8. The molecule has 0 bridgehead atoms. The van der Waals surface area contributed by atoms with Crippen LogP contribution in [0.5, 0.6) is 11.5 Å². The summed E-state index contributed by atoms with van der Waals surface area (Å²) in [5, 5.41) is 4.61. The van der Waals surface area contributed by atoms with Crippen LogP contribution in [0.1, 0.15) is 5.56 Å². The molecule has 0 aliphatic heterocycles. The molecule has 2 nitrogen and oxygen atoms in total. The van der Waals surface area contributed by atoms with E-state index in [2.05, 4.69) is 67.2 Å². The summed E-state index contributed by atoms with van der Waals surface area (Å²) in [7, 11) is -2.06. The number of hydrogen-bond acceptors (Lipinski definition) is 3. The van der Waals surface area contributed by atoms with Gasteiger partial charge in [0.25, 0.3) is 0 Å². The van der Waals surface area contributed by atoms with Gasteiger partial charge in [0.1, 0.15) is 16.3 Å². The maximum atomic E-state index is 11.9. The maximum absolute atomic E-state index is 11.9. The van der Waals surface area contributed by atoms with E-state index in [4.69, 9.17) is 9.05 Å². The number of hydrogen-bond donors (Lipinski definition) is 0. The van der Waals surface area contributed by atoms with Gasteiger partial charge < -0.3 is 21.7 Å². The van der Waals surface area contributed by atoms with Crippen LogP contribution in [0.4, 0.5) is 13.2 Å². The predicted octanol–water partition coefficient (Wildman–Crippen LogP) is 8.95. The predicted molar refractivity (Wildman–Crippen MR) is 182 cm³/mol. The van der Waals surface area contributed by atoms with Crippen LogP contribution in [0.25, 0.3) is 0 Å². The topological polar surface area (TPSA) is 18.5 Å². The van der Waals surface area contributed by atoms with Crippen molar-refractivity contribution in [1.29, 1.82) is 0 Å². The molecule has 46 heavy (non-hydrogen) atoms. The minimum absolute atomic E-state index is 0. The minimum atomic E-state index is -4.26. The van der Waals surface area contributed by atoms with Crippen molar-refractivity contribution in [1.82, 2.24) is 0 Å². The van der Waals surface area contributed by atoms with Gasteiger partial charge in [0.2, 0.25) is 0 Å². The molecule has 0 heterocycles. The standard InChI is InChI=1S/C30H23O2P2.C7H5F3S.Ni/c1-5-16-27(17-6-1)33(28-18-7-2-8-19-28)31-25-14-13-15-26(24-25)32-34(29-20-9-3-10-21-29)30-22-11-4-12-23-30;8-7(9,10)5-1-3-6(11)4-2-5;/h1-23H;1-4,11H;/q-1;;+2/p-1. The number of halogens is 3. The number of benzene rings is 6. The van der Waals surface area contributed by atoms with Crippen LogP contribution in [0.15, 0.2) is 169 Å². The number of alkyl halides is 3. The Morgan fingerprint density at radius 3 is 1.09 bits per heavy atom. The molecule has 6 rings (SSSR count). The maximum Gasteiger partial charge on any atom is 2.00 e. The fourth-order valence-corrected chi connectivity index (χ4v) is 7.67. The van der Waals surface area contributed by atoms with Gasteiger partial charge in [-0.3, -0.25) is 0 Å². The molecule has 6 aromatic rings. The molecular weight excluding hydrogens is 686 g/mol. The molecular formula is C37H27F3NiO2P2S. The Balaban J connectivity index is 0.000000341. The van der Waals surface area contributed by atoms with Gasteiger partial charge in [0.05, 0.1) is 5.56 Å². The Hall–Kier alpha value is -3.72. The second-order valence-corrected chi connectivity index (χ2v) is 13.6. The van der Waals surface area contributed by atoms with Crippen molar-refractivity contribution in [3.8, 4) is 11.5 Å². The van der Waals surface area contributed by atoms with Gasteiger partial charge in [0, 0.05) is 32.7 Å². The fraction of sp³-hybridized carbons (Fsp3) is 0.0270. The Bertz CT molecular complexity index is 1570. The van der Waals surface area contributed by atoms with Gasteiger partial charge in [-0.15, -0.1) is 12.1 Å². The molecule has 0 N–H and O–H groups in total. The Morgan fingerprint density at radius 1 is 0.457 bits per heavy atom. The first-order valence-electron chi connectivity index (χ1n) is 13.9. The van der Waals surface area contributed by atoms with Crippen molar-refractivity contribution >= 4 is 50.1 Å². The molecule has 0 saturated carbocycles. The van der Waals surface area contributed by atoms with E-state index in [1.807, 2.05) is 91.0 Å². The second-order valence-electron chi connectivity index (χ2n) is 9.51. The summed E-state index contributed by atoms with van der Waals surface area (Å²) in [5.41, 5.74) is -0.661. The van der Waals surface area contributed by atoms with Crippen molar-refractivity contribution in [2.75, 3.05) is 0 Å². The Kier molecular flexibility index (Phi) is 13.2. The molecule has 0 amide bonds. The van der Waals surface area contributed by atoms with Gasteiger partial charge in [-0.2, -0.15) is 24.1 Å². The first-order chi connectivity index (χ1) is 21.9. The van der Waals surface area contributed by atoms with Crippen LogP contribution in [0, 0.1) is 6.07 Å². The molecule has 0 spiro atoms. The van der Waals surface area contributed by atoms with Crippen LogP contribution in [-0.4, -0.2) is 0 Å². The van der Waals surface area contributed by atoms with E-state index in [1.165, 1.54) is 12.1 Å². The first-order valence-corrected chi connectivity index (χ1v) is 16.8. The quantitative estimate of drug-likeness (QED) is 0.0680. The zero-order valence-corrected chi connectivity index (χ0v) is 27.8. The minimum Gasteiger partial charge on any atom is -0.780 e. The van der Waals surface area contributed by atoms with Crippen LogP contribution >= 0.6 is 16.3 Å². The molecule has 6 aromatic carbocycles. The van der Waals surface area contributed by atoms with Gasteiger partial charge in [-0.25, -0.2) is 0 Å². The zero-order chi connectivity index (χ0) is 31.5. The summed E-state index contributed by atoms with van der Waals surface area (Å²) in [5.74, 6) is 1.35. The SMILES string of the molecule is FC(F)(F)c1ccc([S-])cc1.[Ni+2].[c-]1c(OP(c2ccccc2)c2ccccc2)cccc1OP(c1ccccc1)c1ccccc1. The molecule has 9 heteroatoms. The first kappa shape index (κ1) is 35.1. The van der Waals surface area contributed by atoms with E-state index in [-0.39, 0.29) is 16.5 Å². The average Bonchev–Trinajstić information content (AvgIpc) is 3.08. The normalized spacial score (nSPS) is 10.8. The van der Waals surface area contributed by atoms with Gasteiger partial charge in [-0.1, -0.05) is 152 Å². The van der Waals surface area contributed by atoms with Gasteiger partial charge in [0.15, 0.2) is 0 Å². The molecule has 234 valence electrons. The van der Waals surface area contributed by atoms with Crippen LogP contribution in [0.3, 0.4) is 0 Å². The van der Waals surface area contributed by atoms with Crippen molar-refractivity contribution in [3.63, 3.8) is 0 Å². The molecule has 0 radical (unpaired) electrons. The third-order valence-electron chi connectivity index (χ3n) is 6.27. The molecule has 0 unspecified atom stereocenters. The van der Waals surface area contributed by atoms with Crippen molar-refractivity contribution < 1.29 is 38.7 Å². The summed E-state index contributed by atoms with van der Waals surface area (Å²) >= 11 is 4.63.